The Morgan fingerprint density at radius 1 is 1.03 bits per heavy atom. The third-order valence-corrected chi connectivity index (χ3v) is 7.06. The summed E-state index contributed by atoms with van der Waals surface area (Å²) in [5.74, 6) is -0.427. The lowest BCUT2D eigenvalue weighted by Crippen LogP contribution is -2.49. The number of nitrogens with zero attached hydrogens (tertiary/aromatic N) is 1. The van der Waals surface area contributed by atoms with E-state index >= 15 is 0 Å². The molecule has 0 heterocycles. The largest absolute Gasteiger partial charge is 0.348 e. The number of hydrogen-bond donors (Lipinski definition) is 1. The first-order chi connectivity index (χ1) is 13.8. The van der Waals surface area contributed by atoms with Gasteiger partial charge in [-0.2, -0.15) is 0 Å². The van der Waals surface area contributed by atoms with E-state index in [9.17, 15) is 21.6 Å². The van der Waals surface area contributed by atoms with Gasteiger partial charge in [0.2, 0.25) is 15.9 Å². The molecule has 0 saturated heterocycles. The molecule has 2 atom stereocenters. The summed E-state index contributed by atoms with van der Waals surface area (Å²) in [5, 5.41) is 2.85. The third kappa shape index (κ3) is 5.82. The lowest BCUT2D eigenvalue weighted by atomic mass is 10.1. The van der Waals surface area contributed by atoms with Crippen LogP contribution >= 0.6 is 0 Å². The number of nitrogens with one attached hydrogen (secondary N) is 1. The number of sulfonamides is 1. The molecular weight excluding hydrogens is 424 g/mol. The van der Waals surface area contributed by atoms with Crippen molar-refractivity contribution < 1.29 is 21.6 Å². The van der Waals surface area contributed by atoms with Crippen molar-refractivity contribution in [1.82, 2.24) is 5.32 Å². The SMILES string of the molecule is CC[C@@H](C(=O)N[C@H](C)c1ccc(S(C)(=O)=O)cc1)N(c1cccc(C)c1)S(C)(=O)=O. The smallest absolute Gasteiger partial charge is 0.244 e. The molecule has 0 unspecified atom stereocenters. The third-order valence-electron chi connectivity index (χ3n) is 4.75. The van der Waals surface area contributed by atoms with Crippen LogP contribution in [0.4, 0.5) is 5.69 Å². The first kappa shape index (κ1) is 23.9. The second-order valence-electron chi connectivity index (χ2n) is 7.39. The highest BCUT2D eigenvalue weighted by Gasteiger charge is 2.32. The molecule has 1 N–H and O–H groups in total. The molecule has 2 rings (SSSR count). The lowest BCUT2D eigenvalue weighted by molar-refractivity contribution is -0.122. The van der Waals surface area contributed by atoms with Gasteiger partial charge >= 0.3 is 0 Å². The first-order valence-corrected chi connectivity index (χ1v) is 13.2. The summed E-state index contributed by atoms with van der Waals surface area (Å²) >= 11 is 0. The zero-order valence-electron chi connectivity index (χ0n) is 17.8. The molecule has 0 fully saturated rings. The van der Waals surface area contributed by atoms with Crippen molar-refractivity contribution in [3.8, 4) is 0 Å². The van der Waals surface area contributed by atoms with Gasteiger partial charge in [-0.25, -0.2) is 16.8 Å². The van der Waals surface area contributed by atoms with Gasteiger partial charge in [-0.15, -0.1) is 0 Å². The molecule has 0 spiro atoms. The summed E-state index contributed by atoms with van der Waals surface area (Å²) < 4.78 is 49.4. The van der Waals surface area contributed by atoms with Crippen LogP contribution in [0.3, 0.4) is 0 Å². The number of sulfone groups is 1. The van der Waals surface area contributed by atoms with E-state index in [0.717, 1.165) is 22.4 Å². The van der Waals surface area contributed by atoms with Gasteiger partial charge in [-0.1, -0.05) is 31.2 Å². The minimum Gasteiger partial charge on any atom is -0.348 e. The Balaban J connectivity index is 2.29. The van der Waals surface area contributed by atoms with Crippen LogP contribution in [0.5, 0.6) is 0 Å². The van der Waals surface area contributed by atoms with E-state index in [4.69, 9.17) is 0 Å². The Kier molecular flexibility index (Phi) is 7.31. The summed E-state index contributed by atoms with van der Waals surface area (Å²) in [6.45, 7) is 5.37. The molecule has 0 radical (unpaired) electrons. The van der Waals surface area contributed by atoms with Crippen LogP contribution in [0.25, 0.3) is 0 Å². The highest BCUT2D eigenvalue weighted by molar-refractivity contribution is 7.92. The Morgan fingerprint density at radius 2 is 1.63 bits per heavy atom. The number of carbonyl (C=O) groups is 1. The van der Waals surface area contributed by atoms with Crippen LogP contribution in [-0.2, 0) is 24.7 Å². The Bertz CT molecular complexity index is 1110. The second kappa shape index (κ2) is 9.18. The number of hydrogen-bond acceptors (Lipinski definition) is 5. The normalized spacial score (nSPS) is 14.0. The molecule has 0 bridgehead atoms. The molecule has 2 aromatic carbocycles. The van der Waals surface area contributed by atoms with Crippen LogP contribution in [-0.4, -0.2) is 41.3 Å². The number of aryl methyl sites for hydroxylation is 1. The van der Waals surface area contributed by atoms with E-state index in [1.807, 2.05) is 13.0 Å². The van der Waals surface area contributed by atoms with E-state index in [-0.39, 0.29) is 11.3 Å². The fraction of sp³-hybridized carbons (Fsp3) is 0.381. The molecular formula is C21H28N2O5S2. The molecule has 0 aliphatic carbocycles. The molecule has 7 nitrogen and oxygen atoms in total. The standard InChI is InChI=1S/C21H28N2O5S2/c1-6-20(23(30(5,27)28)18-9-7-8-15(2)14-18)21(24)22-16(3)17-10-12-19(13-11-17)29(4,25)26/h7-14,16,20H,6H2,1-5H3,(H,22,24)/t16-,20+/m1/s1. The topological polar surface area (TPSA) is 101 Å². The fourth-order valence-electron chi connectivity index (χ4n) is 3.22. The molecule has 2 aromatic rings. The van der Waals surface area contributed by atoms with E-state index in [0.29, 0.717) is 11.3 Å². The van der Waals surface area contributed by atoms with Gasteiger partial charge in [0.05, 0.1) is 22.9 Å². The van der Waals surface area contributed by atoms with Gasteiger partial charge in [0, 0.05) is 6.26 Å². The van der Waals surface area contributed by atoms with E-state index in [1.54, 1.807) is 44.2 Å². The van der Waals surface area contributed by atoms with E-state index < -0.39 is 37.9 Å². The average Bonchev–Trinajstić information content (AvgIpc) is 2.64. The summed E-state index contributed by atoms with van der Waals surface area (Å²) in [7, 11) is -7.02. The molecule has 0 aliphatic rings. The highest BCUT2D eigenvalue weighted by Crippen LogP contribution is 2.24. The number of anilines is 1. The Labute approximate surface area is 179 Å². The molecule has 9 heteroatoms. The van der Waals surface area contributed by atoms with Gasteiger partial charge in [0.25, 0.3) is 0 Å². The van der Waals surface area contributed by atoms with Crippen molar-refractivity contribution in [1.29, 1.82) is 0 Å². The molecule has 0 saturated carbocycles. The number of rotatable bonds is 8. The van der Waals surface area contributed by atoms with Crippen molar-refractivity contribution in [2.24, 2.45) is 0 Å². The number of amides is 1. The number of carbonyl (C=O) groups excluding carboxylic acids is 1. The summed E-state index contributed by atoms with van der Waals surface area (Å²) in [5.41, 5.74) is 2.03. The van der Waals surface area contributed by atoms with Crippen LogP contribution in [0.15, 0.2) is 53.4 Å². The summed E-state index contributed by atoms with van der Waals surface area (Å²) in [6.07, 6.45) is 2.50. The Hall–Kier alpha value is -2.39. The number of benzene rings is 2. The molecule has 30 heavy (non-hydrogen) atoms. The monoisotopic (exact) mass is 452 g/mol. The van der Waals surface area contributed by atoms with Crippen LogP contribution in [0.2, 0.25) is 0 Å². The highest BCUT2D eigenvalue weighted by atomic mass is 32.2. The molecule has 0 aromatic heterocycles. The van der Waals surface area contributed by atoms with E-state index in [2.05, 4.69) is 5.32 Å². The van der Waals surface area contributed by atoms with Crippen molar-refractivity contribution in [2.45, 2.75) is 44.2 Å². The average molecular weight is 453 g/mol. The van der Waals surface area contributed by atoms with Gasteiger partial charge in [0.1, 0.15) is 6.04 Å². The summed E-state index contributed by atoms with van der Waals surface area (Å²) in [6, 6.07) is 11.9. The zero-order valence-corrected chi connectivity index (χ0v) is 19.4. The molecule has 0 aliphatic heterocycles. The predicted molar refractivity (Wildman–Crippen MR) is 119 cm³/mol. The molecule has 164 valence electrons. The van der Waals surface area contributed by atoms with Crippen molar-refractivity contribution >= 4 is 31.5 Å². The minimum atomic E-state index is -3.71. The first-order valence-electron chi connectivity index (χ1n) is 9.51. The minimum absolute atomic E-state index is 0.193. The predicted octanol–water partition coefficient (Wildman–Crippen LogP) is 2.82. The summed E-state index contributed by atoms with van der Waals surface area (Å²) in [4.78, 5) is 13.2. The van der Waals surface area contributed by atoms with Crippen molar-refractivity contribution in [2.75, 3.05) is 16.8 Å². The quantitative estimate of drug-likeness (QED) is 0.664. The van der Waals surface area contributed by atoms with Crippen molar-refractivity contribution in [3.05, 3.63) is 59.7 Å². The lowest BCUT2D eigenvalue weighted by Gasteiger charge is -2.31. The van der Waals surface area contributed by atoms with Crippen LogP contribution in [0.1, 0.15) is 37.4 Å². The maximum Gasteiger partial charge on any atom is 0.244 e. The second-order valence-corrected chi connectivity index (χ2v) is 11.3. The van der Waals surface area contributed by atoms with E-state index in [1.165, 1.54) is 12.1 Å². The maximum absolute atomic E-state index is 13.0. The van der Waals surface area contributed by atoms with Crippen LogP contribution < -0.4 is 9.62 Å². The van der Waals surface area contributed by atoms with Gasteiger partial charge in [-0.3, -0.25) is 9.10 Å². The fourth-order valence-corrected chi connectivity index (χ4v) is 5.06. The van der Waals surface area contributed by atoms with Gasteiger partial charge < -0.3 is 5.32 Å². The van der Waals surface area contributed by atoms with Crippen molar-refractivity contribution in [3.63, 3.8) is 0 Å². The van der Waals surface area contributed by atoms with Crippen LogP contribution in [0, 0.1) is 6.92 Å². The molecule has 1 amide bonds. The van der Waals surface area contributed by atoms with Gasteiger partial charge in [0.15, 0.2) is 9.84 Å². The Morgan fingerprint density at radius 3 is 2.10 bits per heavy atom. The maximum atomic E-state index is 13.0. The van der Waals surface area contributed by atoms with Gasteiger partial charge in [-0.05, 0) is 55.7 Å². The zero-order chi connectivity index (χ0) is 22.7.